The lowest BCUT2D eigenvalue weighted by Gasteiger charge is -2.30. The summed E-state index contributed by atoms with van der Waals surface area (Å²) in [7, 11) is 0. The summed E-state index contributed by atoms with van der Waals surface area (Å²) in [5.41, 5.74) is 4.79. The van der Waals surface area contributed by atoms with Crippen LogP contribution in [0.4, 0.5) is 0 Å². The molecule has 0 heterocycles. The van der Waals surface area contributed by atoms with Gasteiger partial charge in [0.2, 0.25) is 0 Å². The average molecular weight is 451 g/mol. The summed E-state index contributed by atoms with van der Waals surface area (Å²) < 4.78 is 0. The van der Waals surface area contributed by atoms with Gasteiger partial charge in [0.25, 0.3) is 0 Å². The topological polar surface area (TPSA) is 0 Å². The second-order valence-corrected chi connectivity index (χ2v) is 11.6. The summed E-state index contributed by atoms with van der Waals surface area (Å²) in [6, 6.07) is 9.54. The molecule has 1 unspecified atom stereocenters. The van der Waals surface area contributed by atoms with Gasteiger partial charge in [0, 0.05) is 0 Å². The summed E-state index contributed by atoms with van der Waals surface area (Å²) in [4.78, 5) is 0. The van der Waals surface area contributed by atoms with Crippen LogP contribution < -0.4 is 0 Å². The van der Waals surface area contributed by atoms with Crippen molar-refractivity contribution in [2.75, 3.05) is 0 Å². The van der Waals surface area contributed by atoms with Crippen molar-refractivity contribution in [3.63, 3.8) is 0 Å². The van der Waals surface area contributed by atoms with Gasteiger partial charge in [0.05, 0.1) is 0 Å². The number of hydrogen-bond acceptors (Lipinski definition) is 0. The highest BCUT2D eigenvalue weighted by molar-refractivity contribution is 5.23. The number of unbranched alkanes of at least 4 members (excludes halogenated alkanes) is 5. The third-order valence-corrected chi connectivity index (χ3v) is 8.86. The zero-order valence-corrected chi connectivity index (χ0v) is 22.3. The molecular formula is C33H54. The Balaban J connectivity index is 1.26. The highest BCUT2D eigenvalue weighted by Gasteiger charge is 2.22. The van der Waals surface area contributed by atoms with E-state index in [1.54, 1.807) is 5.57 Å². The minimum absolute atomic E-state index is 0.975. The summed E-state index contributed by atoms with van der Waals surface area (Å²) in [5, 5.41) is 0. The molecule has 33 heavy (non-hydrogen) atoms. The lowest BCUT2D eigenvalue weighted by atomic mass is 9.76. The molecule has 1 aromatic carbocycles. The molecule has 0 saturated heterocycles. The lowest BCUT2D eigenvalue weighted by Crippen LogP contribution is -2.16. The highest BCUT2D eigenvalue weighted by atomic mass is 14.3. The van der Waals surface area contributed by atoms with Gasteiger partial charge in [0.1, 0.15) is 0 Å². The summed E-state index contributed by atoms with van der Waals surface area (Å²) in [6.45, 7) is 4.62. The molecular weight excluding hydrogens is 396 g/mol. The zero-order chi connectivity index (χ0) is 23.1. The van der Waals surface area contributed by atoms with E-state index in [9.17, 15) is 0 Å². The van der Waals surface area contributed by atoms with Crippen LogP contribution in [0.25, 0.3) is 0 Å². The fourth-order valence-corrected chi connectivity index (χ4v) is 6.33. The average Bonchev–Trinajstić information content (AvgIpc) is 2.86. The van der Waals surface area contributed by atoms with E-state index >= 15 is 0 Å². The minimum atomic E-state index is 0.975. The Morgan fingerprint density at radius 3 is 1.82 bits per heavy atom. The monoisotopic (exact) mass is 450 g/mol. The number of aryl methyl sites for hydroxylation is 2. The van der Waals surface area contributed by atoms with Crippen LogP contribution in [-0.2, 0) is 12.8 Å². The molecule has 2 aliphatic rings. The number of rotatable bonds is 15. The molecule has 0 aromatic heterocycles. The van der Waals surface area contributed by atoms with Crippen LogP contribution in [0.15, 0.2) is 35.9 Å². The zero-order valence-electron chi connectivity index (χ0n) is 22.3. The Kier molecular flexibility index (Phi) is 12.7. The van der Waals surface area contributed by atoms with Crippen LogP contribution in [0.2, 0.25) is 0 Å². The van der Waals surface area contributed by atoms with Gasteiger partial charge >= 0.3 is 0 Å². The van der Waals surface area contributed by atoms with Crippen molar-refractivity contribution < 1.29 is 0 Å². The van der Waals surface area contributed by atoms with Gasteiger partial charge in [0.15, 0.2) is 0 Å². The molecule has 1 saturated carbocycles. The Hall–Kier alpha value is -1.04. The van der Waals surface area contributed by atoms with E-state index in [0.717, 1.165) is 17.8 Å². The van der Waals surface area contributed by atoms with Gasteiger partial charge in [-0.05, 0) is 80.2 Å². The standard InChI is InChI=1S/C33H54/c1-3-5-7-9-11-29-14-18-31(19-15-29)21-23-33-26-24-32(25-27-33)22-20-30-16-12-28(13-17-30)10-8-6-4-2/h14-15,18-19,26,28,30,32H,3-13,16-17,20-25,27H2,1-2H3/t28-,30-,32?. The van der Waals surface area contributed by atoms with Gasteiger partial charge in [-0.1, -0.05) is 127 Å². The van der Waals surface area contributed by atoms with Crippen molar-refractivity contribution in [2.24, 2.45) is 17.8 Å². The van der Waals surface area contributed by atoms with E-state index in [2.05, 4.69) is 44.2 Å². The Bertz CT molecular complexity index is 643. The van der Waals surface area contributed by atoms with Crippen LogP contribution in [0.3, 0.4) is 0 Å². The van der Waals surface area contributed by atoms with Gasteiger partial charge in [-0.2, -0.15) is 0 Å². The maximum Gasteiger partial charge on any atom is -0.0241 e. The second-order valence-electron chi connectivity index (χ2n) is 11.6. The molecule has 1 fully saturated rings. The van der Waals surface area contributed by atoms with E-state index in [0.29, 0.717) is 0 Å². The molecule has 1 aromatic rings. The Labute approximate surface area is 207 Å². The maximum atomic E-state index is 2.63. The molecule has 0 radical (unpaired) electrons. The van der Waals surface area contributed by atoms with Gasteiger partial charge in [-0.15, -0.1) is 0 Å². The third kappa shape index (κ3) is 10.4. The van der Waals surface area contributed by atoms with E-state index in [4.69, 9.17) is 0 Å². The van der Waals surface area contributed by atoms with E-state index in [-0.39, 0.29) is 0 Å². The smallest absolute Gasteiger partial charge is 0.0241 e. The SMILES string of the molecule is CCCCCCc1ccc(CCC2=CCC(CC[C@H]3CC[C@H](CCCCC)CC3)CC2)cc1. The van der Waals surface area contributed by atoms with E-state index < -0.39 is 0 Å². The van der Waals surface area contributed by atoms with Gasteiger partial charge < -0.3 is 0 Å². The Morgan fingerprint density at radius 2 is 1.18 bits per heavy atom. The molecule has 0 nitrogen and oxygen atoms in total. The van der Waals surface area contributed by atoms with E-state index in [1.807, 2.05) is 0 Å². The van der Waals surface area contributed by atoms with Crippen molar-refractivity contribution in [1.29, 1.82) is 0 Å². The third-order valence-electron chi connectivity index (χ3n) is 8.86. The van der Waals surface area contributed by atoms with E-state index in [1.165, 1.54) is 140 Å². The molecule has 0 aliphatic heterocycles. The van der Waals surface area contributed by atoms with Gasteiger partial charge in [-0.25, -0.2) is 0 Å². The van der Waals surface area contributed by atoms with Crippen molar-refractivity contribution in [3.8, 4) is 0 Å². The van der Waals surface area contributed by atoms with Gasteiger partial charge in [-0.3, -0.25) is 0 Å². The first-order valence-corrected chi connectivity index (χ1v) is 15.0. The highest BCUT2D eigenvalue weighted by Crippen LogP contribution is 2.37. The fraction of sp³-hybridized carbons (Fsp3) is 0.758. The normalized spacial score (nSPS) is 23.5. The lowest BCUT2D eigenvalue weighted by molar-refractivity contribution is 0.234. The van der Waals surface area contributed by atoms with Crippen molar-refractivity contribution in [2.45, 2.75) is 142 Å². The van der Waals surface area contributed by atoms with Crippen molar-refractivity contribution >= 4 is 0 Å². The molecule has 3 rings (SSSR count). The number of hydrogen-bond donors (Lipinski definition) is 0. The fourth-order valence-electron chi connectivity index (χ4n) is 6.33. The first kappa shape index (κ1) is 26.6. The first-order chi connectivity index (χ1) is 16.3. The molecule has 2 aliphatic carbocycles. The number of allylic oxidation sites excluding steroid dienone is 2. The first-order valence-electron chi connectivity index (χ1n) is 15.0. The van der Waals surface area contributed by atoms with Crippen LogP contribution in [0.1, 0.15) is 141 Å². The largest absolute Gasteiger partial charge is 0.0850 e. The van der Waals surface area contributed by atoms with Crippen LogP contribution in [0, 0.1) is 17.8 Å². The summed E-state index contributed by atoms with van der Waals surface area (Å²) in [5.74, 6) is 3.09. The minimum Gasteiger partial charge on any atom is -0.0850 e. The van der Waals surface area contributed by atoms with Crippen LogP contribution in [0.5, 0.6) is 0 Å². The van der Waals surface area contributed by atoms with Crippen LogP contribution >= 0.6 is 0 Å². The molecule has 1 atom stereocenters. The molecule has 0 N–H and O–H groups in total. The quantitative estimate of drug-likeness (QED) is 0.184. The maximum absolute atomic E-state index is 2.63. The predicted octanol–water partition coefficient (Wildman–Crippen LogP) is 10.6. The Morgan fingerprint density at radius 1 is 0.576 bits per heavy atom. The molecule has 0 spiro atoms. The molecule has 0 amide bonds. The second kappa shape index (κ2) is 15.8. The van der Waals surface area contributed by atoms with Crippen LogP contribution in [-0.4, -0.2) is 0 Å². The van der Waals surface area contributed by atoms with Crippen molar-refractivity contribution in [3.05, 3.63) is 47.0 Å². The number of benzene rings is 1. The summed E-state index contributed by atoms with van der Waals surface area (Å²) >= 11 is 0. The summed E-state index contributed by atoms with van der Waals surface area (Å²) in [6.07, 6.45) is 31.0. The molecule has 0 bridgehead atoms. The van der Waals surface area contributed by atoms with Crippen molar-refractivity contribution in [1.82, 2.24) is 0 Å². The predicted molar refractivity (Wildman–Crippen MR) is 147 cm³/mol. The molecule has 186 valence electrons. The molecule has 0 heteroatoms.